The van der Waals surface area contributed by atoms with E-state index >= 15 is 0 Å². The van der Waals surface area contributed by atoms with E-state index in [2.05, 4.69) is 24.5 Å². The van der Waals surface area contributed by atoms with Gasteiger partial charge in [-0.25, -0.2) is 0 Å². The third kappa shape index (κ3) is 5.38. The van der Waals surface area contributed by atoms with Gasteiger partial charge in [-0.2, -0.15) is 0 Å². The van der Waals surface area contributed by atoms with Crippen molar-refractivity contribution in [2.24, 2.45) is 5.92 Å². The smallest absolute Gasteiger partial charge is 0.224 e. The van der Waals surface area contributed by atoms with Gasteiger partial charge in [0.2, 0.25) is 5.91 Å². The van der Waals surface area contributed by atoms with Gasteiger partial charge >= 0.3 is 0 Å². The molecule has 1 aromatic rings. The first-order valence-corrected chi connectivity index (χ1v) is 8.85. The molecule has 0 saturated carbocycles. The molecule has 24 heavy (non-hydrogen) atoms. The molecular formula is C19H29ClN2O2. The molecular weight excluding hydrogens is 324 g/mol. The second kappa shape index (κ2) is 8.72. The Balaban J connectivity index is 0.00000208. The van der Waals surface area contributed by atoms with Crippen LogP contribution in [0.5, 0.6) is 5.75 Å². The second-order valence-corrected chi connectivity index (χ2v) is 7.40. The highest BCUT2D eigenvalue weighted by atomic mass is 35.5. The summed E-state index contributed by atoms with van der Waals surface area (Å²) in [6.45, 7) is 4.98. The Morgan fingerprint density at radius 2 is 1.83 bits per heavy atom. The van der Waals surface area contributed by atoms with Gasteiger partial charge in [0, 0.05) is 18.1 Å². The highest BCUT2D eigenvalue weighted by molar-refractivity contribution is 5.85. The molecule has 2 saturated heterocycles. The quantitative estimate of drug-likeness (QED) is 0.827. The Morgan fingerprint density at radius 1 is 1.21 bits per heavy atom. The average molecular weight is 353 g/mol. The van der Waals surface area contributed by atoms with Crippen molar-refractivity contribution in [3.8, 4) is 5.75 Å². The van der Waals surface area contributed by atoms with Gasteiger partial charge in [0.05, 0.1) is 13.0 Å². The highest BCUT2D eigenvalue weighted by Crippen LogP contribution is 2.26. The number of hydrogen-bond donors (Lipinski definition) is 2. The van der Waals surface area contributed by atoms with Crippen molar-refractivity contribution >= 4 is 18.3 Å². The van der Waals surface area contributed by atoms with E-state index in [1.165, 1.54) is 12.8 Å². The molecule has 3 rings (SSSR count). The van der Waals surface area contributed by atoms with E-state index in [-0.39, 0.29) is 18.3 Å². The third-order valence-electron chi connectivity index (χ3n) is 4.71. The van der Waals surface area contributed by atoms with Gasteiger partial charge in [-0.3, -0.25) is 4.79 Å². The fourth-order valence-corrected chi connectivity index (χ4v) is 3.61. The summed E-state index contributed by atoms with van der Waals surface area (Å²) < 4.78 is 5.67. The van der Waals surface area contributed by atoms with E-state index in [9.17, 15) is 4.79 Å². The molecule has 2 aliphatic heterocycles. The summed E-state index contributed by atoms with van der Waals surface area (Å²) in [7, 11) is 0. The maximum atomic E-state index is 12.3. The minimum atomic E-state index is 0. The van der Waals surface area contributed by atoms with E-state index < -0.39 is 0 Å². The topological polar surface area (TPSA) is 50.4 Å². The number of nitrogens with one attached hydrogen (secondary N) is 2. The van der Waals surface area contributed by atoms with Crippen LogP contribution >= 0.6 is 12.4 Å². The Hall–Kier alpha value is -1.26. The second-order valence-electron chi connectivity index (χ2n) is 7.40. The van der Waals surface area contributed by atoms with Gasteiger partial charge in [0.25, 0.3) is 0 Å². The van der Waals surface area contributed by atoms with Gasteiger partial charge in [-0.05, 0) is 49.3 Å². The Labute approximate surface area is 151 Å². The molecule has 2 N–H and O–H groups in total. The van der Waals surface area contributed by atoms with Crippen LogP contribution in [0.4, 0.5) is 0 Å². The molecule has 5 heteroatoms. The summed E-state index contributed by atoms with van der Waals surface area (Å²) in [5, 5.41) is 6.82. The first kappa shape index (κ1) is 19.1. The fraction of sp³-hybridized carbons (Fsp3) is 0.632. The molecule has 0 aromatic heterocycles. The summed E-state index contributed by atoms with van der Waals surface area (Å²) in [5.41, 5.74) is 1.04. The molecule has 2 unspecified atom stereocenters. The van der Waals surface area contributed by atoms with Crippen molar-refractivity contribution in [1.82, 2.24) is 10.6 Å². The number of benzene rings is 1. The SMILES string of the molecule is CC(C)COc1ccc(CC(=O)NC2CC3CCC(C2)N3)cc1.Cl. The molecule has 2 atom stereocenters. The summed E-state index contributed by atoms with van der Waals surface area (Å²) >= 11 is 0. The van der Waals surface area contributed by atoms with Crippen LogP contribution in [-0.4, -0.2) is 30.6 Å². The largest absolute Gasteiger partial charge is 0.493 e. The normalized spacial score (nSPS) is 25.2. The lowest BCUT2D eigenvalue weighted by atomic mass is 9.99. The number of halogens is 1. The van der Waals surface area contributed by atoms with Crippen LogP contribution < -0.4 is 15.4 Å². The molecule has 2 heterocycles. The number of carbonyl (C=O) groups is 1. The fourth-order valence-electron chi connectivity index (χ4n) is 3.61. The average Bonchev–Trinajstić information content (AvgIpc) is 2.85. The first-order chi connectivity index (χ1) is 11.1. The minimum Gasteiger partial charge on any atom is -0.493 e. The van der Waals surface area contributed by atoms with E-state index in [0.717, 1.165) is 30.8 Å². The number of piperidine rings is 1. The van der Waals surface area contributed by atoms with Crippen LogP contribution in [-0.2, 0) is 11.2 Å². The van der Waals surface area contributed by atoms with Crippen molar-refractivity contribution in [2.45, 2.75) is 64.1 Å². The Bertz CT molecular complexity index is 521. The zero-order valence-corrected chi connectivity index (χ0v) is 15.4. The lowest BCUT2D eigenvalue weighted by molar-refractivity contribution is -0.121. The van der Waals surface area contributed by atoms with Crippen molar-refractivity contribution in [3.63, 3.8) is 0 Å². The summed E-state index contributed by atoms with van der Waals surface area (Å²) in [4.78, 5) is 12.3. The van der Waals surface area contributed by atoms with Gasteiger partial charge < -0.3 is 15.4 Å². The lowest BCUT2D eigenvalue weighted by Crippen LogP contribution is -2.48. The van der Waals surface area contributed by atoms with E-state index in [0.29, 0.717) is 30.5 Å². The Morgan fingerprint density at radius 3 is 2.42 bits per heavy atom. The van der Waals surface area contributed by atoms with E-state index in [4.69, 9.17) is 4.74 Å². The summed E-state index contributed by atoms with van der Waals surface area (Å²) in [6, 6.07) is 9.44. The van der Waals surface area contributed by atoms with Crippen molar-refractivity contribution < 1.29 is 9.53 Å². The number of rotatable bonds is 6. The summed E-state index contributed by atoms with van der Waals surface area (Å²) in [6.07, 6.45) is 5.11. The van der Waals surface area contributed by atoms with Gasteiger partial charge in [0.15, 0.2) is 0 Å². The predicted octanol–water partition coefficient (Wildman–Crippen LogP) is 3.08. The molecule has 0 aliphatic carbocycles. The number of ether oxygens (including phenoxy) is 1. The number of fused-ring (bicyclic) bond motifs is 2. The predicted molar refractivity (Wildman–Crippen MR) is 98.8 cm³/mol. The standard InChI is InChI=1S/C19H28N2O2.ClH/c1-13(2)12-23-18-7-3-14(4-8-18)9-19(22)21-17-10-15-5-6-16(11-17)20-15;/h3-4,7-8,13,15-17,20H,5-6,9-12H2,1-2H3,(H,21,22);1H. The Kier molecular flexibility index (Phi) is 6.93. The monoisotopic (exact) mass is 352 g/mol. The molecule has 1 amide bonds. The number of carbonyl (C=O) groups excluding carboxylic acids is 1. The molecule has 2 aliphatic rings. The van der Waals surface area contributed by atoms with Gasteiger partial charge in [-0.1, -0.05) is 26.0 Å². The van der Waals surface area contributed by atoms with Gasteiger partial charge in [0.1, 0.15) is 5.75 Å². The van der Waals surface area contributed by atoms with Crippen LogP contribution in [0.3, 0.4) is 0 Å². The van der Waals surface area contributed by atoms with Crippen LogP contribution in [0.25, 0.3) is 0 Å². The van der Waals surface area contributed by atoms with Gasteiger partial charge in [-0.15, -0.1) is 12.4 Å². The van der Waals surface area contributed by atoms with Crippen molar-refractivity contribution in [1.29, 1.82) is 0 Å². The van der Waals surface area contributed by atoms with Crippen LogP contribution in [0.15, 0.2) is 24.3 Å². The maximum absolute atomic E-state index is 12.3. The number of amides is 1. The molecule has 134 valence electrons. The molecule has 0 spiro atoms. The molecule has 4 nitrogen and oxygen atoms in total. The zero-order chi connectivity index (χ0) is 16.2. The van der Waals surface area contributed by atoms with Crippen LogP contribution in [0.1, 0.15) is 45.1 Å². The zero-order valence-electron chi connectivity index (χ0n) is 14.6. The van der Waals surface area contributed by atoms with Crippen molar-refractivity contribution in [2.75, 3.05) is 6.61 Å². The lowest BCUT2D eigenvalue weighted by Gasteiger charge is -2.29. The highest BCUT2D eigenvalue weighted by Gasteiger charge is 2.33. The molecule has 0 radical (unpaired) electrons. The molecule has 1 aromatic carbocycles. The number of hydrogen-bond acceptors (Lipinski definition) is 3. The summed E-state index contributed by atoms with van der Waals surface area (Å²) in [5.74, 6) is 1.52. The van der Waals surface area contributed by atoms with E-state index in [1.54, 1.807) is 0 Å². The molecule has 2 bridgehead atoms. The van der Waals surface area contributed by atoms with Crippen molar-refractivity contribution in [3.05, 3.63) is 29.8 Å². The minimum absolute atomic E-state index is 0. The van der Waals surface area contributed by atoms with E-state index in [1.807, 2.05) is 24.3 Å². The van der Waals surface area contributed by atoms with Crippen LogP contribution in [0, 0.1) is 5.92 Å². The van der Waals surface area contributed by atoms with Crippen LogP contribution in [0.2, 0.25) is 0 Å². The maximum Gasteiger partial charge on any atom is 0.224 e. The first-order valence-electron chi connectivity index (χ1n) is 8.85. The third-order valence-corrected chi connectivity index (χ3v) is 4.71. The molecule has 2 fully saturated rings.